The summed E-state index contributed by atoms with van der Waals surface area (Å²) >= 11 is 0. The number of piperidine rings is 1. The van der Waals surface area contributed by atoms with Crippen molar-refractivity contribution < 1.29 is 23.8 Å². The molecule has 0 unspecified atom stereocenters. The van der Waals surface area contributed by atoms with Crippen molar-refractivity contribution in [2.24, 2.45) is 11.8 Å². The summed E-state index contributed by atoms with van der Waals surface area (Å²) in [6, 6.07) is 4.32. The molecule has 1 aromatic carbocycles. The molecular weight excluding hydrogens is 398 g/mol. The highest BCUT2D eigenvalue weighted by Crippen LogP contribution is 2.39. The van der Waals surface area contributed by atoms with Gasteiger partial charge < -0.3 is 24.8 Å². The molecule has 8 nitrogen and oxygen atoms in total. The third-order valence-corrected chi connectivity index (χ3v) is 5.72. The second kappa shape index (κ2) is 10.0. The van der Waals surface area contributed by atoms with Gasteiger partial charge in [-0.2, -0.15) is 0 Å². The Morgan fingerprint density at radius 1 is 1.16 bits per heavy atom. The molecule has 0 aromatic heterocycles. The van der Waals surface area contributed by atoms with Crippen LogP contribution in [0.4, 0.5) is 4.79 Å². The average molecular weight is 432 g/mol. The van der Waals surface area contributed by atoms with Gasteiger partial charge in [-0.25, -0.2) is 9.59 Å². The molecule has 0 bridgehead atoms. The molecule has 3 atom stereocenters. The summed E-state index contributed by atoms with van der Waals surface area (Å²) in [7, 11) is 3.09. The predicted molar refractivity (Wildman–Crippen MR) is 117 cm³/mol. The lowest BCUT2D eigenvalue weighted by Crippen LogP contribution is -2.50. The van der Waals surface area contributed by atoms with Crippen LogP contribution in [-0.2, 0) is 9.53 Å². The van der Waals surface area contributed by atoms with Crippen molar-refractivity contribution in [3.63, 3.8) is 0 Å². The lowest BCUT2D eigenvalue weighted by molar-refractivity contribution is -0.139. The number of ether oxygens (including phenoxy) is 3. The Morgan fingerprint density at radius 3 is 2.48 bits per heavy atom. The molecule has 2 N–H and O–H groups in total. The molecule has 1 aromatic rings. The van der Waals surface area contributed by atoms with E-state index in [4.69, 9.17) is 14.2 Å². The Bertz CT molecular complexity index is 844. The zero-order chi connectivity index (χ0) is 22.5. The molecule has 1 saturated heterocycles. The number of carbonyl (C=O) groups is 2. The van der Waals surface area contributed by atoms with Crippen LogP contribution in [0.2, 0.25) is 0 Å². The molecule has 31 heavy (non-hydrogen) atoms. The molecule has 2 heterocycles. The van der Waals surface area contributed by atoms with E-state index in [0.29, 0.717) is 46.7 Å². The van der Waals surface area contributed by atoms with Crippen LogP contribution >= 0.6 is 0 Å². The van der Waals surface area contributed by atoms with Gasteiger partial charge in [-0.1, -0.05) is 26.0 Å². The van der Waals surface area contributed by atoms with Crippen molar-refractivity contribution in [3.05, 3.63) is 35.0 Å². The van der Waals surface area contributed by atoms with Crippen LogP contribution in [0.15, 0.2) is 29.5 Å². The third kappa shape index (κ3) is 5.12. The molecule has 2 amide bonds. The van der Waals surface area contributed by atoms with Gasteiger partial charge in [0, 0.05) is 30.9 Å². The van der Waals surface area contributed by atoms with Gasteiger partial charge in [0.15, 0.2) is 11.5 Å². The van der Waals surface area contributed by atoms with Gasteiger partial charge in [-0.15, -0.1) is 0 Å². The van der Waals surface area contributed by atoms with Gasteiger partial charge in [0.25, 0.3) is 0 Å². The average Bonchev–Trinajstić information content (AvgIpc) is 2.71. The standard InChI is InChI=1S/C23H33N3O5/c1-6-31-22(27)19-17(13-26-11-14(2)10-15(3)12-26)24-23(28)25-20(19)16-8-7-9-18(29-4)21(16)30-5/h7-9,14-15,20H,6,10-13H2,1-5H3,(H2,24,25,28)/t14-,15-,20-/m1/s1. The van der Waals surface area contributed by atoms with Crippen molar-refractivity contribution in [2.75, 3.05) is 40.5 Å². The molecule has 0 aliphatic carbocycles. The summed E-state index contributed by atoms with van der Waals surface area (Å²) < 4.78 is 16.4. The first kappa shape index (κ1) is 22.9. The molecule has 1 fully saturated rings. The van der Waals surface area contributed by atoms with Crippen LogP contribution in [0.3, 0.4) is 0 Å². The first-order valence-corrected chi connectivity index (χ1v) is 10.8. The summed E-state index contributed by atoms with van der Waals surface area (Å²) in [5, 5.41) is 5.73. The number of hydrogen-bond donors (Lipinski definition) is 2. The van der Waals surface area contributed by atoms with Gasteiger partial charge in [0.05, 0.1) is 32.4 Å². The normalized spacial score (nSPS) is 24.3. The quantitative estimate of drug-likeness (QED) is 0.646. The van der Waals surface area contributed by atoms with Gasteiger partial charge >= 0.3 is 12.0 Å². The number of hydrogen-bond acceptors (Lipinski definition) is 6. The van der Waals surface area contributed by atoms with E-state index in [9.17, 15) is 9.59 Å². The van der Waals surface area contributed by atoms with E-state index in [1.165, 1.54) is 13.5 Å². The minimum atomic E-state index is -0.715. The Kier molecular flexibility index (Phi) is 7.43. The van der Waals surface area contributed by atoms with Crippen LogP contribution < -0.4 is 20.1 Å². The van der Waals surface area contributed by atoms with Crippen LogP contribution in [0.25, 0.3) is 0 Å². The Labute approximate surface area is 183 Å². The van der Waals surface area contributed by atoms with Crippen molar-refractivity contribution in [1.29, 1.82) is 0 Å². The summed E-state index contributed by atoms with van der Waals surface area (Å²) in [4.78, 5) is 28.0. The minimum Gasteiger partial charge on any atom is -0.493 e. The second-order valence-corrected chi connectivity index (χ2v) is 8.37. The zero-order valence-electron chi connectivity index (χ0n) is 19.0. The number of nitrogens with zero attached hydrogens (tertiary/aromatic N) is 1. The number of nitrogens with one attached hydrogen (secondary N) is 2. The monoisotopic (exact) mass is 431 g/mol. The smallest absolute Gasteiger partial charge is 0.338 e. The molecule has 2 aliphatic rings. The fourth-order valence-corrected chi connectivity index (χ4v) is 4.71. The molecule has 0 saturated carbocycles. The summed E-state index contributed by atoms with van der Waals surface area (Å²) in [6.45, 7) is 8.77. The fourth-order valence-electron chi connectivity index (χ4n) is 4.71. The lowest BCUT2D eigenvalue weighted by atomic mass is 9.90. The number of carbonyl (C=O) groups excluding carboxylic acids is 2. The van der Waals surface area contributed by atoms with Crippen molar-refractivity contribution in [1.82, 2.24) is 15.5 Å². The first-order valence-electron chi connectivity index (χ1n) is 10.8. The predicted octanol–water partition coefficient (Wildman–Crippen LogP) is 2.85. The maximum absolute atomic E-state index is 13.1. The van der Waals surface area contributed by atoms with E-state index in [1.54, 1.807) is 26.2 Å². The van der Waals surface area contributed by atoms with E-state index < -0.39 is 12.0 Å². The maximum atomic E-state index is 13.1. The van der Waals surface area contributed by atoms with E-state index in [-0.39, 0.29) is 12.6 Å². The fraction of sp³-hybridized carbons (Fsp3) is 0.565. The Morgan fingerprint density at radius 2 is 1.87 bits per heavy atom. The van der Waals surface area contributed by atoms with E-state index in [2.05, 4.69) is 29.4 Å². The maximum Gasteiger partial charge on any atom is 0.338 e. The van der Waals surface area contributed by atoms with Crippen LogP contribution in [0, 0.1) is 11.8 Å². The number of likely N-dealkylation sites (tertiary alicyclic amines) is 1. The highest BCUT2D eigenvalue weighted by atomic mass is 16.5. The van der Waals surface area contributed by atoms with Crippen LogP contribution in [-0.4, -0.2) is 57.4 Å². The van der Waals surface area contributed by atoms with Crippen LogP contribution in [0.1, 0.15) is 38.8 Å². The number of amides is 2. The molecule has 8 heteroatoms. The largest absolute Gasteiger partial charge is 0.493 e. The number of benzene rings is 1. The highest BCUT2D eigenvalue weighted by molar-refractivity contribution is 5.95. The van der Waals surface area contributed by atoms with Gasteiger partial charge in [0.2, 0.25) is 0 Å². The van der Waals surface area contributed by atoms with E-state index in [0.717, 1.165) is 13.1 Å². The topological polar surface area (TPSA) is 89.1 Å². The molecular formula is C23H33N3O5. The van der Waals surface area contributed by atoms with Crippen molar-refractivity contribution in [2.45, 2.75) is 33.2 Å². The molecule has 0 spiro atoms. The molecule has 2 aliphatic heterocycles. The van der Waals surface area contributed by atoms with Gasteiger partial charge in [0.1, 0.15) is 0 Å². The van der Waals surface area contributed by atoms with E-state index in [1.807, 2.05) is 6.07 Å². The van der Waals surface area contributed by atoms with Crippen molar-refractivity contribution in [3.8, 4) is 11.5 Å². The van der Waals surface area contributed by atoms with E-state index >= 15 is 0 Å². The number of urea groups is 1. The zero-order valence-corrected chi connectivity index (χ0v) is 19.0. The first-order chi connectivity index (χ1) is 14.9. The second-order valence-electron chi connectivity index (χ2n) is 8.37. The third-order valence-electron chi connectivity index (χ3n) is 5.72. The highest BCUT2D eigenvalue weighted by Gasteiger charge is 2.37. The molecule has 170 valence electrons. The van der Waals surface area contributed by atoms with Gasteiger partial charge in [-0.05, 0) is 31.2 Å². The molecule has 0 radical (unpaired) electrons. The number of rotatable bonds is 7. The summed E-state index contributed by atoms with van der Waals surface area (Å²) in [6.07, 6.45) is 1.18. The summed E-state index contributed by atoms with van der Waals surface area (Å²) in [5.74, 6) is 1.65. The number of para-hydroxylation sites is 1. The lowest BCUT2D eigenvalue weighted by Gasteiger charge is -2.37. The SMILES string of the molecule is CCOC(=O)C1=C(CN2C[C@H](C)C[C@@H](C)C2)NC(=O)N[C@@H]1c1cccc(OC)c1OC. The Hall–Kier alpha value is -2.74. The number of esters is 1. The Balaban J connectivity index is 2.06. The molecule has 3 rings (SSSR count). The van der Waals surface area contributed by atoms with Crippen LogP contribution in [0.5, 0.6) is 11.5 Å². The minimum absolute atomic E-state index is 0.239. The van der Waals surface area contributed by atoms with Crippen molar-refractivity contribution >= 4 is 12.0 Å². The summed E-state index contributed by atoms with van der Waals surface area (Å²) in [5.41, 5.74) is 1.59. The number of methoxy groups -OCH3 is 2. The van der Waals surface area contributed by atoms with Gasteiger partial charge in [-0.3, -0.25) is 4.90 Å².